The molecule has 7 amide bonds. The maximum absolute atomic E-state index is 14.8. The predicted octanol–water partition coefficient (Wildman–Crippen LogP) is 2.73. The smallest absolute Gasteiger partial charge is 0.325 e. The van der Waals surface area contributed by atoms with E-state index in [9.17, 15) is 52.7 Å². The van der Waals surface area contributed by atoms with Crippen molar-refractivity contribution in [3.8, 4) is 0 Å². The second-order valence-corrected chi connectivity index (χ2v) is 20.8. The van der Waals surface area contributed by atoms with Gasteiger partial charge in [-0.05, 0) is 111 Å². The molecule has 71 heavy (non-hydrogen) atoms. The fraction of sp³-hybridized carbons (Fsp3) is 0.780. The lowest BCUT2D eigenvalue weighted by atomic mass is 9.82. The molecule has 6 unspecified atom stereocenters. The SMILES string of the molecule is CCCOC(=O)CNC(=O)C(=O)C(CCC)NC(=O)C1CCCCN1C(=O)C(NC(=O)C(NC(=O)C(CCC(=O)OC(C)(C)C)NC(=O)C(CCC(=O)OC(C)(C)C)NC(C)=O)C(C)C)C1CCCCC1. The van der Waals surface area contributed by atoms with E-state index in [1.54, 1.807) is 69.2 Å². The van der Waals surface area contributed by atoms with Gasteiger partial charge < -0.3 is 51.0 Å². The number of ether oxygens (including phenoxy) is 3. The first kappa shape index (κ1) is 61.5. The van der Waals surface area contributed by atoms with E-state index in [1.807, 2.05) is 0 Å². The van der Waals surface area contributed by atoms with Crippen LogP contribution in [0, 0.1) is 11.8 Å². The Bertz CT molecular complexity index is 1870. The summed E-state index contributed by atoms with van der Waals surface area (Å²) in [4.78, 5) is 149. The number of nitrogens with zero attached hydrogens (tertiary/aromatic N) is 1. The van der Waals surface area contributed by atoms with Crippen LogP contribution in [0.3, 0.4) is 0 Å². The van der Waals surface area contributed by atoms with Crippen molar-refractivity contribution in [1.29, 1.82) is 0 Å². The highest BCUT2D eigenvalue weighted by atomic mass is 16.6. The first-order valence-corrected chi connectivity index (χ1v) is 25.4. The quantitative estimate of drug-likeness (QED) is 0.0413. The van der Waals surface area contributed by atoms with Gasteiger partial charge in [-0.1, -0.05) is 53.4 Å². The number of likely N-dealkylation sites (tertiary alicyclic amines) is 1. The van der Waals surface area contributed by atoms with Crippen LogP contribution in [0.5, 0.6) is 0 Å². The van der Waals surface area contributed by atoms with Gasteiger partial charge >= 0.3 is 17.9 Å². The molecule has 1 aliphatic heterocycles. The summed E-state index contributed by atoms with van der Waals surface area (Å²) in [5, 5.41) is 15.7. The van der Waals surface area contributed by atoms with Crippen LogP contribution in [0.4, 0.5) is 0 Å². The number of esters is 3. The minimum Gasteiger partial charge on any atom is -0.464 e. The molecule has 2 fully saturated rings. The number of nitrogens with one attached hydrogen (secondary N) is 6. The summed E-state index contributed by atoms with van der Waals surface area (Å²) >= 11 is 0. The Hall–Kier alpha value is -5.63. The molecule has 0 radical (unpaired) electrons. The highest BCUT2D eigenvalue weighted by molar-refractivity contribution is 6.38. The average molecular weight is 1010 g/mol. The van der Waals surface area contributed by atoms with Crippen molar-refractivity contribution in [2.75, 3.05) is 19.7 Å². The molecule has 0 aromatic carbocycles. The molecule has 402 valence electrons. The zero-order valence-electron chi connectivity index (χ0n) is 44.0. The van der Waals surface area contributed by atoms with E-state index in [-0.39, 0.29) is 57.6 Å². The summed E-state index contributed by atoms with van der Waals surface area (Å²) in [6.07, 6.45) is 5.14. The second kappa shape index (κ2) is 29.7. The van der Waals surface area contributed by atoms with E-state index in [0.717, 1.165) is 19.3 Å². The predicted molar refractivity (Wildman–Crippen MR) is 260 cm³/mol. The Morgan fingerprint density at radius 1 is 0.606 bits per heavy atom. The van der Waals surface area contributed by atoms with Gasteiger partial charge in [0, 0.05) is 26.3 Å². The summed E-state index contributed by atoms with van der Waals surface area (Å²) < 4.78 is 15.8. The van der Waals surface area contributed by atoms with Crippen LogP contribution >= 0.6 is 0 Å². The summed E-state index contributed by atoms with van der Waals surface area (Å²) in [5.41, 5.74) is -1.66. The van der Waals surface area contributed by atoms with Crippen molar-refractivity contribution in [2.45, 2.75) is 220 Å². The molecule has 0 spiro atoms. The van der Waals surface area contributed by atoms with Crippen LogP contribution < -0.4 is 31.9 Å². The summed E-state index contributed by atoms with van der Waals surface area (Å²) in [6.45, 7) is 18.0. The van der Waals surface area contributed by atoms with Gasteiger partial charge in [0.05, 0.1) is 12.6 Å². The van der Waals surface area contributed by atoms with Gasteiger partial charge in [-0.15, -0.1) is 0 Å². The largest absolute Gasteiger partial charge is 0.464 e. The van der Waals surface area contributed by atoms with E-state index >= 15 is 0 Å². The van der Waals surface area contributed by atoms with E-state index in [2.05, 4.69) is 31.9 Å². The molecular formula is C50H83N7O14. The van der Waals surface area contributed by atoms with Crippen molar-refractivity contribution < 1.29 is 67.0 Å². The Balaban J connectivity index is 2.42. The number of amides is 7. The van der Waals surface area contributed by atoms with Gasteiger partial charge in [0.1, 0.15) is 48.0 Å². The van der Waals surface area contributed by atoms with Crippen molar-refractivity contribution in [3.63, 3.8) is 0 Å². The highest BCUT2D eigenvalue weighted by Gasteiger charge is 2.42. The fourth-order valence-electron chi connectivity index (χ4n) is 8.38. The monoisotopic (exact) mass is 1010 g/mol. The van der Waals surface area contributed by atoms with Gasteiger partial charge in [0.15, 0.2) is 0 Å². The van der Waals surface area contributed by atoms with E-state index in [1.165, 1.54) is 11.8 Å². The molecule has 1 saturated carbocycles. The topological polar surface area (TPSA) is 291 Å². The number of carbonyl (C=O) groups is 11. The minimum absolute atomic E-state index is 0.109. The van der Waals surface area contributed by atoms with Crippen LogP contribution in [0.15, 0.2) is 0 Å². The normalized spacial score (nSPS) is 17.5. The number of hydrogen-bond donors (Lipinski definition) is 6. The lowest BCUT2D eigenvalue weighted by Gasteiger charge is -2.40. The Morgan fingerprint density at radius 2 is 1.15 bits per heavy atom. The molecule has 0 aromatic heterocycles. The van der Waals surface area contributed by atoms with Crippen LogP contribution in [-0.2, 0) is 67.0 Å². The number of carbonyl (C=O) groups excluding carboxylic acids is 11. The van der Waals surface area contributed by atoms with Crippen LogP contribution in [0.1, 0.15) is 172 Å². The third-order valence-corrected chi connectivity index (χ3v) is 11.8. The zero-order chi connectivity index (χ0) is 53.6. The summed E-state index contributed by atoms with van der Waals surface area (Å²) in [7, 11) is 0. The van der Waals surface area contributed by atoms with Crippen molar-refractivity contribution >= 4 is 65.0 Å². The van der Waals surface area contributed by atoms with Crippen LogP contribution in [-0.4, -0.2) is 137 Å². The van der Waals surface area contributed by atoms with Gasteiger partial charge in [-0.25, -0.2) is 0 Å². The number of Topliss-reactive ketones (excluding diaryl/α,β-unsaturated/α-hetero) is 1. The molecule has 6 N–H and O–H groups in total. The van der Waals surface area contributed by atoms with Gasteiger partial charge in [-0.2, -0.15) is 0 Å². The maximum Gasteiger partial charge on any atom is 0.325 e. The van der Waals surface area contributed by atoms with Crippen LogP contribution in [0.25, 0.3) is 0 Å². The average Bonchev–Trinajstić information content (AvgIpc) is 3.29. The summed E-state index contributed by atoms with van der Waals surface area (Å²) in [6, 6.07) is -7.41. The lowest BCUT2D eigenvalue weighted by Crippen LogP contribution is -2.63. The zero-order valence-corrected chi connectivity index (χ0v) is 44.0. The molecule has 21 heteroatoms. The lowest BCUT2D eigenvalue weighted by molar-refractivity contribution is -0.156. The molecule has 2 aliphatic rings. The molecule has 0 aromatic rings. The van der Waals surface area contributed by atoms with Crippen molar-refractivity contribution in [3.05, 3.63) is 0 Å². The van der Waals surface area contributed by atoms with E-state index < -0.39 is 125 Å². The Morgan fingerprint density at radius 3 is 1.68 bits per heavy atom. The molecule has 6 atom stereocenters. The van der Waals surface area contributed by atoms with Crippen molar-refractivity contribution in [1.82, 2.24) is 36.8 Å². The molecule has 0 bridgehead atoms. The van der Waals surface area contributed by atoms with Crippen LogP contribution in [0.2, 0.25) is 0 Å². The molecule has 1 heterocycles. The number of hydrogen-bond acceptors (Lipinski definition) is 14. The third kappa shape index (κ3) is 22.6. The van der Waals surface area contributed by atoms with E-state index in [4.69, 9.17) is 14.2 Å². The molecular weight excluding hydrogens is 923 g/mol. The van der Waals surface area contributed by atoms with Gasteiger partial charge in [0.25, 0.3) is 5.91 Å². The summed E-state index contributed by atoms with van der Waals surface area (Å²) in [5.74, 6) is -9.06. The molecule has 21 nitrogen and oxygen atoms in total. The molecule has 1 aliphatic carbocycles. The Labute approximate surface area is 419 Å². The first-order chi connectivity index (χ1) is 33.2. The van der Waals surface area contributed by atoms with E-state index in [0.29, 0.717) is 38.5 Å². The maximum atomic E-state index is 14.8. The molecule has 2 rings (SSSR count). The highest BCUT2D eigenvalue weighted by Crippen LogP contribution is 2.30. The Kier molecular flexibility index (Phi) is 25.7. The van der Waals surface area contributed by atoms with Gasteiger partial charge in [0.2, 0.25) is 41.2 Å². The van der Waals surface area contributed by atoms with Crippen molar-refractivity contribution in [2.24, 2.45) is 11.8 Å². The number of piperidine rings is 1. The molecule has 1 saturated heterocycles. The number of ketones is 1. The second-order valence-electron chi connectivity index (χ2n) is 20.8. The third-order valence-electron chi connectivity index (χ3n) is 11.8. The standard InChI is InChI=1S/C50H83N7O14/c1-12-19-33(42(62)47(67)51-29-39(61)69-28-13-2)53-45(65)36-22-17-18-27-57(36)48(68)41(32-20-15-14-16-21-32)56-46(66)40(30(3)4)55-44(64)35(24-26-38(60)71-50(9,10)11)54-43(63)34(52-31(5)58)23-25-37(59)70-49(6,7)8/h30,32-36,40-41H,12-29H2,1-11H3,(H,51,67)(H,52,58)(H,53,65)(H,54,63)(H,55,64)(H,56,66). The fourth-order valence-corrected chi connectivity index (χ4v) is 8.38. The first-order valence-electron chi connectivity index (χ1n) is 25.4. The number of rotatable bonds is 26. The minimum atomic E-state index is -1.44. The van der Waals surface area contributed by atoms with Gasteiger partial charge in [-0.3, -0.25) is 52.7 Å².